The number of hydrogen-bond acceptors (Lipinski definition) is 5. The first kappa shape index (κ1) is 15.0. The second-order valence-corrected chi connectivity index (χ2v) is 5.54. The maximum Gasteiger partial charge on any atom is 0.313 e. The first-order valence-electron chi connectivity index (χ1n) is 5.85. The van der Waals surface area contributed by atoms with E-state index in [-0.39, 0.29) is 11.8 Å². The number of carboxylic acid groups (broad SMARTS) is 1. The van der Waals surface area contributed by atoms with E-state index in [0.717, 1.165) is 18.8 Å². The Morgan fingerprint density at radius 2 is 2.11 bits per heavy atom. The number of carbonyl (C=O) groups is 1. The van der Waals surface area contributed by atoms with Crippen molar-refractivity contribution in [3.05, 3.63) is 5.82 Å². The number of thioether (sulfide) groups is 1. The number of hydrogen-bond donors (Lipinski definition) is 1. The van der Waals surface area contributed by atoms with Gasteiger partial charge in [0.15, 0.2) is 5.16 Å². The summed E-state index contributed by atoms with van der Waals surface area (Å²) in [6, 6.07) is 0.230. The molecule has 0 aliphatic carbocycles. The van der Waals surface area contributed by atoms with Crippen LogP contribution < -0.4 is 0 Å². The third-order valence-corrected chi connectivity index (χ3v) is 3.29. The Morgan fingerprint density at radius 3 is 2.61 bits per heavy atom. The van der Waals surface area contributed by atoms with E-state index in [9.17, 15) is 4.79 Å². The molecule has 0 aromatic carbocycles. The summed E-state index contributed by atoms with van der Waals surface area (Å²) in [6.07, 6.45) is 0.811. The summed E-state index contributed by atoms with van der Waals surface area (Å²) in [7, 11) is 4.02. The van der Waals surface area contributed by atoms with Gasteiger partial charge in [-0.3, -0.25) is 4.79 Å². The number of carboxylic acids is 1. The number of aromatic nitrogens is 3. The fraction of sp³-hybridized carbons (Fsp3) is 0.727. The molecule has 0 unspecified atom stereocenters. The van der Waals surface area contributed by atoms with Crippen LogP contribution in [-0.4, -0.2) is 57.1 Å². The highest BCUT2D eigenvalue weighted by Gasteiger charge is 2.16. The van der Waals surface area contributed by atoms with Crippen LogP contribution >= 0.6 is 11.8 Å². The smallest absolute Gasteiger partial charge is 0.313 e. The first-order chi connectivity index (χ1) is 8.41. The molecule has 0 saturated heterocycles. The van der Waals surface area contributed by atoms with E-state index < -0.39 is 5.97 Å². The highest BCUT2D eigenvalue weighted by molar-refractivity contribution is 7.99. The van der Waals surface area contributed by atoms with E-state index in [0.29, 0.717) is 5.16 Å². The molecule has 102 valence electrons. The lowest BCUT2D eigenvalue weighted by Crippen LogP contribution is -2.18. The van der Waals surface area contributed by atoms with Gasteiger partial charge >= 0.3 is 5.97 Å². The molecule has 0 bridgehead atoms. The minimum Gasteiger partial charge on any atom is -0.481 e. The molecular formula is C11H20N4O2S. The number of likely N-dealkylation sites (N-methyl/N-ethyl adjacent to an activating group) is 1. The fourth-order valence-corrected chi connectivity index (χ4v) is 2.35. The Hall–Kier alpha value is -1.08. The van der Waals surface area contributed by atoms with Crippen LogP contribution in [0.25, 0.3) is 0 Å². The minimum atomic E-state index is -0.840. The van der Waals surface area contributed by atoms with Gasteiger partial charge in [0.25, 0.3) is 0 Å². The zero-order valence-electron chi connectivity index (χ0n) is 11.3. The molecule has 1 aromatic rings. The predicted molar refractivity (Wildman–Crippen MR) is 71.0 cm³/mol. The van der Waals surface area contributed by atoms with E-state index >= 15 is 0 Å². The monoisotopic (exact) mass is 272 g/mol. The van der Waals surface area contributed by atoms with Gasteiger partial charge in [-0.05, 0) is 27.9 Å². The van der Waals surface area contributed by atoms with Gasteiger partial charge in [-0.25, -0.2) is 0 Å². The predicted octanol–water partition coefficient (Wildman–Crippen LogP) is 1.14. The molecule has 0 spiro atoms. The molecule has 0 radical (unpaired) electrons. The molecule has 1 heterocycles. The van der Waals surface area contributed by atoms with Crippen molar-refractivity contribution in [1.29, 1.82) is 0 Å². The minimum absolute atomic E-state index is 0.0124. The zero-order valence-corrected chi connectivity index (χ0v) is 12.1. The van der Waals surface area contributed by atoms with E-state index in [1.165, 1.54) is 11.8 Å². The second-order valence-electron chi connectivity index (χ2n) is 4.60. The SMILES string of the molecule is CC(C)n1c(CCN(C)C)nnc1SCC(=O)O. The highest BCUT2D eigenvalue weighted by Crippen LogP contribution is 2.21. The Labute approximate surface area is 111 Å². The summed E-state index contributed by atoms with van der Waals surface area (Å²) >= 11 is 1.21. The van der Waals surface area contributed by atoms with E-state index in [2.05, 4.69) is 15.1 Å². The summed E-state index contributed by atoms with van der Waals surface area (Å²) in [5.41, 5.74) is 0. The summed E-state index contributed by atoms with van der Waals surface area (Å²) in [6.45, 7) is 5.00. The third kappa shape index (κ3) is 4.30. The van der Waals surface area contributed by atoms with Crippen molar-refractivity contribution in [3.8, 4) is 0 Å². The van der Waals surface area contributed by atoms with Crippen molar-refractivity contribution in [2.24, 2.45) is 0 Å². The lowest BCUT2D eigenvalue weighted by atomic mass is 10.3. The molecule has 6 nitrogen and oxygen atoms in total. The summed E-state index contributed by atoms with van der Waals surface area (Å²) in [5.74, 6) is 0.0816. The van der Waals surface area contributed by atoms with Gasteiger partial charge in [-0.15, -0.1) is 10.2 Å². The molecule has 1 N–H and O–H groups in total. The van der Waals surface area contributed by atoms with Crippen LogP contribution in [-0.2, 0) is 11.2 Å². The molecule has 0 aliphatic rings. The Kier molecular flexibility index (Phi) is 5.61. The normalized spacial score (nSPS) is 11.4. The molecule has 0 aliphatic heterocycles. The lowest BCUT2D eigenvalue weighted by molar-refractivity contribution is -0.133. The maximum absolute atomic E-state index is 10.6. The molecule has 0 saturated carbocycles. The average Bonchev–Trinajstić information content (AvgIpc) is 2.66. The van der Waals surface area contributed by atoms with Gasteiger partial charge in [0.1, 0.15) is 5.82 Å². The molecule has 1 rings (SSSR count). The van der Waals surface area contributed by atoms with Crippen LogP contribution in [0, 0.1) is 0 Å². The topological polar surface area (TPSA) is 71.2 Å². The lowest BCUT2D eigenvalue weighted by Gasteiger charge is -2.14. The molecule has 0 fully saturated rings. The number of rotatable bonds is 7. The van der Waals surface area contributed by atoms with Crippen LogP contribution in [0.1, 0.15) is 25.7 Å². The third-order valence-electron chi connectivity index (χ3n) is 2.36. The molecule has 7 heteroatoms. The summed E-state index contributed by atoms with van der Waals surface area (Å²) in [5, 5.41) is 17.6. The number of nitrogens with zero attached hydrogens (tertiary/aromatic N) is 4. The van der Waals surface area contributed by atoms with Crippen molar-refractivity contribution in [2.75, 3.05) is 26.4 Å². The first-order valence-corrected chi connectivity index (χ1v) is 6.83. The van der Waals surface area contributed by atoms with Crippen LogP contribution in [0.3, 0.4) is 0 Å². The number of aliphatic carboxylic acids is 1. The Bertz CT molecular complexity index is 404. The molecular weight excluding hydrogens is 252 g/mol. The van der Waals surface area contributed by atoms with Gasteiger partial charge in [0.05, 0.1) is 5.75 Å². The van der Waals surface area contributed by atoms with Crippen LogP contribution in [0.4, 0.5) is 0 Å². The zero-order chi connectivity index (χ0) is 13.7. The van der Waals surface area contributed by atoms with Gasteiger partial charge in [-0.1, -0.05) is 11.8 Å². The Balaban J connectivity index is 2.81. The molecule has 0 atom stereocenters. The standard InChI is InChI=1S/C11H20N4O2S/c1-8(2)15-9(5-6-14(3)4)12-13-11(15)18-7-10(16)17/h8H,5-7H2,1-4H3,(H,16,17). The largest absolute Gasteiger partial charge is 0.481 e. The van der Waals surface area contributed by atoms with Crippen molar-refractivity contribution in [1.82, 2.24) is 19.7 Å². The van der Waals surface area contributed by atoms with E-state index in [4.69, 9.17) is 5.11 Å². The van der Waals surface area contributed by atoms with Crippen LogP contribution in [0.15, 0.2) is 5.16 Å². The van der Waals surface area contributed by atoms with Gasteiger partial charge in [0, 0.05) is 19.0 Å². The molecule has 0 amide bonds. The van der Waals surface area contributed by atoms with Crippen molar-refractivity contribution >= 4 is 17.7 Å². The van der Waals surface area contributed by atoms with E-state index in [1.54, 1.807) is 0 Å². The summed E-state index contributed by atoms with van der Waals surface area (Å²) < 4.78 is 2.01. The second kappa shape index (κ2) is 6.75. The van der Waals surface area contributed by atoms with Crippen molar-refractivity contribution in [3.63, 3.8) is 0 Å². The summed E-state index contributed by atoms with van der Waals surface area (Å²) in [4.78, 5) is 12.7. The fourth-order valence-electron chi connectivity index (χ4n) is 1.54. The van der Waals surface area contributed by atoms with Crippen molar-refractivity contribution < 1.29 is 9.90 Å². The van der Waals surface area contributed by atoms with Crippen molar-refractivity contribution in [2.45, 2.75) is 31.5 Å². The van der Waals surface area contributed by atoms with Crippen LogP contribution in [0.2, 0.25) is 0 Å². The van der Waals surface area contributed by atoms with Crippen LogP contribution in [0.5, 0.6) is 0 Å². The van der Waals surface area contributed by atoms with Gasteiger partial charge in [-0.2, -0.15) is 0 Å². The molecule has 18 heavy (non-hydrogen) atoms. The van der Waals surface area contributed by atoms with Gasteiger partial charge in [0.2, 0.25) is 0 Å². The van der Waals surface area contributed by atoms with Gasteiger partial charge < -0.3 is 14.6 Å². The highest BCUT2D eigenvalue weighted by atomic mass is 32.2. The Morgan fingerprint density at radius 1 is 1.44 bits per heavy atom. The van der Waals surface area contributed by atoms with E-state index in [1.807, 2.05) is 32.5 Å². The quantitative estimate of drug-likeness (QED) is 0.751. The average molecular weight is 272 g/mol. The maximum atomic E-state index is 10.6. The molecule has 1 aromatic heterocycles.